The van der Waals surface area contributed by atoms with Gasteiger partial charge in [-0.1, -0.05) is 17.7 Å². The standard InChI is InChI=1S/C19H18ClNO3/c1-21-7-3-4-12(19(21)23)5-6-13-8-14-9-16(20)18(24-2)11-15(14)10-17(13)22/h3-4,7-9,11H,5-6,10H2,1-2H3. The van der Waals surface area contributed by atoms with Gasteiger partial charge < -0.3 is 9.30 Å². The number of allylic oxidation sites excluding steroid dienone is 1. The molecule has 1 aliphatic carbocycles. The Hall–Kier alpha value is -2.33. The summed E-state index contributed by atoms with van der Waals surface area (Å²) in [6, 6.07) is 7.29. The van der Waals surface area contributed by atoms with Gasteiger partial charge in [0.2, 0.25) is 0 Å². The van der Waals surface area contributed by atoms with Crippen LogP contribution < -0.4 is 10.3 Å². The second kappa shape index (κ2) is 6.65. The first-order valence-corrected chi connectivity index (χ1v) is 8.12. The third-order valence-corrected chi connectivity index (χ3v) is 4.61. The number of fused-ring (bicyclic) bond motifs is 1. The Morgan fingerprint density at radius 2 is 2.04 bits per heavy atom. The number of aryl methyl sites for hydroxylation is 2. The molecule has 0 unspecified atom stereocenters. The lowest BCUT2D eigenvalue weighted by molar-refractivity contribution is -0.115. The molecule has 2 aromatic rings. The van der Waals surface area contributed by atoms with Gasteiger partial charge in [-0.15, -0.1) is 0 Å². The number of ether oxygens (including phenoxy) is 1. The minimum absolute atomic E-state index is 0.0189. The highest BCUT2D eigenvalue weighted by atomic mass is 35.5. The predicted molar refractivity (Wildman–Crippen MR) is 94.7 cm³/mol. The number of pyridine rings is 1. The quantitative estimate of drug-likeness (QED) is 0.856. The van der Waals surface area contributed by atoms with Crippen LogP contribution in [-0.4, -0.2) is 17.5 Å². The van der Waals surface area contributed by atoms with E-state index in [1.165, 1.54) is 0 Å². The largest absolute Gasteiger partial charge is 0.495 e. The molecule has 1 heterocycles. The highest BCUT2D eigenvalue weighted by molar-refractivity contribution is 6.32. The van der Waals surface area contributed by atoms with E-state index in [1.807, 2.05) is 30.3 Å². The molecule has 0 aliphatic heterocycles. The number of benzene rings is 1. The molecule has 4 nitrogen and oxygen atoms in total. The van der Waals surface area contributed by atoms with Crippen molar-refractivity contribution < 1.29 is 9.53 Å². The molecule has 0 spiro atoms. The van der Waals surface area contributed by atoms with Crippen molar-refractivity contribution in [2.45, 2.75) is 19.3 Å². The number of rotatable bonds is 4. The van der Waals surface area contributed by atoms with Crippen LogP contribution in [0.1, 0.15) is 23.1 Å². The molecule has 1 aliphatic rings. The summed E-state index contributed by atoms with van der Waals surface area (Å²) in [5.74, 6) is 0.660. The summed E-state index contributed by atoms with van der Waals surface area (Å²) in [4.78, 5) is 24.5. The maximum Gasteiger partial charge on any atom is 0.253 e. The maximum atomic E-state index is 12.4. The molecule has 1 aromatic carbocycles. The first-order valence-electron chi connectivity index (χ1n) is 7.74. The summed E-state index contributed by atoms with van der Waals surface area (Å²) in [5.41, 5.74) is 3.29. The van der Waals surface area contributed by atoms with Crippen LogP contribution in [0.5, 0.6) is 5.75 Å². The molecule has 0 saturated carbocycles. The van der Waals surface area contributed by atoms with E-state index in [-0.39, 0.29) is 11.3 Å². The number of aromatic nitrogens is 1. The summed E-state index contributed by atoms with van der Waals surface area (Å²) in [7, 11) is 3.28. The molecule has 1 aromatic heterocycles. The van der Waals surface area contributed by atoms with Gasteiger partial charge in [0, 0.05) is 25.2 Å². The van der Waals surface area contributed by atoms with Gasteiger partial charge in [-0.3, -0.25) is 9.59 Å². The molecule has 5 heteroatoms. The van der Waals surface area contributed by atoms with Gasteiger partial charge in [0.15, 0.2) is 5.78 Å². The Morgan fingerprint density at radius 1 is 1.25 bits per heavy atom. The number of hydrogen-bond acceptors (Lipinski definition) is 3. The van der Waals surface area contributed by atoms with Crippen molar-refractivity contribution in [2.75, 3.05) is 7.11 Å². The van der Waals surface area contributed by atoms with E-state index in [4.69, 9.17) is 16.3 Å². The normalized spacial score (nSPS) is 13.5. The molecule has 0 radical (unpaired) electrons. The monoisotopic (exact) mass is 343 g/mol. The molecule has 0 amide bonds. The highest BCUT2D eigenvalue weighted by Gasteiger charge is 2.20. The van der Waals surface area contributed by atoms with Gasteiger partial charge in [0.05, 0.1) is 12.1 Å². The Labute approximate surface area is 145 Å². The Kier molecular flexibility index (Phi) is 4.58. The molecule has 3 rings (SSSR count). The van der Waals surface area contributed by atoms with Gasteiger partial charge in [0.1, 0.15) is 5.75 Å². The Morgan fingerprint density at radius 3 is 2.79 bits per heavy atom. The Bertz CT molecular complexity index is 896. The SMILES string of the molecule is COc1cc2c(cc1Cl)C=C(CCc1cccn(C)c1=O)C(=O)C2. The lowest BCUT2D eigenvalue weighted by Gasteiger charge is -2.17. The van der Waals surface area contributed by atoms with Crippen LogP contribution in [0.25, 0.3) is 6.08 Å². The maximum absolute atomic E-state index is 12.4. The van der Waals surface area contributed by atoms with Gasteiger partial charge in [-0.2, -0.15) is 0 Å². The fraction of sp³-hybridized carbons (Fsp3) is 0.263. The average Bonchev–Trinajstić information content (AvgIpc) is 2.56. The zero-order valence-electron chi connectivity index (χ0n) is 13.6. The number of Topliss-reactive ketones (excluding diaryl/α,β-unsaturated/α-hetero) is 1. The summed E-state index contributed by atoms with van der Waals surface area (Å²) in [6.45, 7) is 0. The molecule has 0 fully saturated rings. The van der Waals surface area contributed by atoms with E-state index >= 15 is 0 Å². The second-order valence-corrected chi connectivity index (χ2v) is 6.31. The molecular weight excluding hydrogens is 326 g/mol. The fourth-order valence-electron chi connectivity index (χ4n) is 2.93. The first kappa shape index (κ1) is 16.5. The summed E-state index contributed by atoms with van der Waals surface area (Å²) >= 11 is 6.17. The van der Waals surface area contributed by atoms with E-state index in [2.05, 4.69) is 0 Å². The molecule has 0 N–H and O–H groups in total. The molecule has 0 bridgehead atoms. The lowest BCUT2D eigenvalue weighted by Crippen LogP contribution is -2.20. The number of nitrogens with zero attached hydrogens (tertiary/aromatic N) is 1. The van der Waals surface area contributed by atoms with Crippen molar-refractivity contribution in [3.8, 4) is 5.75 Å². The van der Waals surface area contributed by atoms with Gasteiger partial charge in [0.25, 0.3) is 5.56 Å². The third-order valence-electron chi connectivity index (χ3n) is 4.32. The number of carbonyl (C=O) groups excluding carboxylic acids is 1. The van der Waals surface area contributed by atoms with Crippen molar-refractivity contribution in [1.29, 1.82) is 0 Å². The molecule has 24 heavy (non-hydrogen) atoms. The van der Waals surface area contributed by atoms with Crippen LogP contribution >= 0.6 is 11.6 Å². The van der Waals surface area contributed by atoms with Crippen molar-refractivity contribution in [3.05, 3.63) is 68.1 Å². The number of hydrogen-bond donors (Lipinski definition) is 0. The van der Waals surface area contributed by atoms with Crippen LogP contribution in [0.2, 0.25) is 5.02 Å². The van der Waals surface area contributed by atoms with E-state index in [0.29, 0.717) is 35.6 Å². The van der Waals surface area contributed by atoms with Gasteiger partial charge >= 0.3 is 0 Å². The van der Waals surface area contributed by atoms with Crippen LogP contribution in [0, 0.1) is 0 Å². The van der Waals surface area contributed by atoms with Crippen molar-refractivity contribution in [2.24, 2.45) is 7.05 Å². The van der Waals surface area contributed by atoms with Crippen molar-refractivity contribution >= 4 is 23.5 Å². The fourth-order valence-corrected chi connectivity index (χ4v) is 3.18. The number of methoxy groups -OCH3 is 1. The highest BCUT2D eigenvalue weighted by Crippen LogP contribution is 2.33. The smallest absolute Gasteiger partial charge is 0.253 e. The van der Waals surface area contributed by atoms with E-state index in [9.17, 15) is 9.59 Å². The number of carbonyl (C=O) groups is 1. The minimum Gasteiger partial charge on any atom is -0.495 e. The summed E-state index contributed by atoms with van der Waals surface area (Å²) in [6.07, 6.45) is 5.02. The Balaban J connectivity index is 1.86. The number of ketones is 1. The minimum atomic E-state index is -0.0189. The topological polar surface area (TPSA) is 48.3 Å². The zero-order valence-corrected chi connectivity index (χ0v) is 14.4. The van der Waals surface area contributed by atoms with Crippen molar-refractivity contribution in [1.82, 2.24) is 4.57 Å². The van der Waals surface area contributed by atoms with Crippen LogP contribution in [0.4, 0.5) is 0 Å². The molecular formula is C19H18ClNO3. The van der Waals surface area contributed by atoms with E-state index in [0.717, 1.165) is 16.7 Å². The zero-order chi connectivity index (χ0) is 17.3. The van der Waals surface area contributed by atoms with Crippen LogP contribution in [-0.2, 0) is 24.7 Å². The number of halogens is 1. The third kappa shape index (κ3) is 3.15. The first-order chi connectivity index (χ1) is 11.5. The second-order valence-electron chi connectivity index (χ2n) is 5.90. The summed E-state index contributed by atoms with van der Waals surface area (Å²) < 4.78 is 6.75. The van der Waals surface area contributed by atoms with Gasteiger partial charge in [-0.25, -0.2) is 0 Å². The van der Waals surface area contributed by atoms with Crippen LogP contribution in [0.15, 0.2) is 40.8 Å². The van der Waals surface area contributed by atoms with Gasteiger partial charge in [-0.05, 0) is 53.8 Å². The van der Waals surface area contributed by atoms with E-state index in [1.54, 1.807) is 24.9 Å². The predicted octanol–water partition coefficient (Wildman–Crippen LogP) is 3.19. The molecule has 0 saturated heterocycles. The van der Waals surface area contributed by atoms with Crippen molar-refractivity contribution in [3.63, 3.8) is 0 Å². The molecule has 0 atom stereocenters. The lowest BCUT2D eigenvalue weighted by atomic mass is 9.88. The van der Waals surface area contributed by atoms with E-state index < -0.39 is 0 Å². The summed E-state index contributed by atoms with van der Waals surface area (Å²) in [5, 5.41) is 0.526. The van der Waals surface area contributed by atoms with Crippen LogP contribution in [0.3, 0.4) is 0 Å². The molecule has 124 valence electrons. The average molecular weight is 344 g/mol.